The van der Waals surface area contributed by atoms with Crippen molar-refractivity contribution in [1.82, 2.24) is 14.5 Å². The van der Waals surface area contributed by atoms with Gasteiger partial charge in [-0.3, -0.25) is 4.57 Å². The van der Waals surface area contributed by atoms with Crippen LogP contribution >= 0.6 is 11.6 Å². The molecule has 0 amide bonds. The summed E-state index contributed by atoms with van der Waals surface area (Å²) in [6.45, 7) is 10.1. The number of hydrogen-bond donors (Lipinski definition) is 0. The molecule has 0 spiro atoms. The fraction of sp³-hybridized carbons (Fsp3) is 0.647. The van der Waals surface area contributed by atoms with E-state index in [9.17, 15) is 0 Å². The molecule has 2 aliphatic heterocycles. The van der Waals surface area contributed by atoms with Crippen LogP contribution in [0.15, 0.2) is 6.07 Å². The lowest BCUT2D eigenvalue weighted by Crippen LogP contribution is -2.42. The van der Waals surface area contributed by atoms with Crippen molar-refractivity contribution < 1.29 is 14.2 Å². The van der Waals surface area contributed by atoms with Gasteiger partial charge in [0.2, 0.25) is 0 Å². The summed E-state index contributed by atoms with van der Waals surface area (Å²) in [4.78, 5) is 9.15. The van der Waals surface area contributed by atoms with Gasteiger partial charge < -0.3 is 14.2 Å². The fourth-order valence-electron chi connectivity index (χ4n) is 3.61. The summed E-state index contributed by atoms with van der Waals surface area (Å²) in [5.41, 5.74) is 2.03. The van der Waals surface area contributed by atoms with Gasteiger partial charge in [-0.1, -0.05) is 18.5 Å². The highest BCUT2D eigenvalue weighted by Gasteiger charge is 2.56. The molecule has 2 saturated heterocycles. The summed E-state index contributed by atoms with van der Waals surface area (Å²) in [6.07, 6.45) is -0.241. The van der Waals surface area contributed by atoms with Crippen LogP contribution in [0.1, 0.15) is 26.5 Å². The summed E-state index contributed by atoms with van der Waals surface area (Å²) in [5, 5.41) is 0.611. The smallest absolute Gasteiger partial charge is 0.299 e. The van der Waals surface area contributed by atoms with Gasteiger partial charge >= 0.3 is 0 Å². The summed E-state index contributed by atoms with van der Waals surface area (Å²) in [6, 6.07) is 2.38. The molecule has 0 N–H and O–H groups in total. The first-order valence-electron chi connectivity index (χ1n) is 8.39. The highest BCUT2D eigenvalue weighted by Crippen LogP contribution is 2.42. The second-order valence-corrected chi connectivity index (χ2v) is 7.25. The van der Waals surface area contributed by atoms with Gasteiger partial charge in [-0.25, -0.2) is 4.98 Å². The van der Waals surface area contributed by atoms with E-state index in [-0.39, 0.29) is 17.8 Å². The zero-order chi connectivity index (χ0) is 17.1. The first-order valence-corrected chi connectivity index (χ1v) is 8.77. The van der Waals surface area contributed by atoms with E-state index in [4.69, 9.17) is 25.8 Å². The summed E-state index contributed by atoms with van der Waals surface area (Å²) >= 11 is 6.18. The van der Waals surface area contributed by atoms with Gasteiger partial charge in [0.25, 0.3) is 6.01 Å². The van der Waals surface area contributed by atoms with Crippen molar-refractivity contribution in [2.75, 3.05) is 13.2 Å². The molecule has 6 nitrogen and oxygen atoms in total. The Labute approximate surface area is 146 Å². The van der Waals surface area contributed by atoms with E-state index in [1.807, 2.05) is 24.5 Å². The van der Waals surface area contributed by atoms with Crippen LogP contribution < -0.4 is 4.74 Å². The molecule has 2 fully saturated rings. The van der Waals surface area contributed by atoms with Gasteiger partial charge in [0.15, 0.2) is 11.8 Å². The van der Waals surface area contributed by atoms with Crippen molar-refractivity contribution in [3.8, 4) is 6.01 Å². The highest BCUT2D eigenvalue weighted by atomic mass is 35.5. The first kappa shape index (κ1) is 16.1. The number of halogens is 1. The predicted molar refractivity (Wildman–Crippen MR) is 90.6 cm³/mol. The van der Waals surface area contributed by atoms with E-state index in [1.165, 1.54) is 0 Å². The second-order valence-electron chi connectivity index (χ2n) is 6.84. The topological polar surface area (TPSA) is 58.4 Å². The highest BCUT2D eigenvalue weighted by molar-refractivity contribution is 6.31. The number of hydrogen-bond acceptors (Lipinski definition) is 5. The molecular weight excluding hydrogens is 330 g/mol. The van der Waals surface area contributed by atoms with Crippen LogP contribution in [0.4, 0.5) is 0 Å². The van der Waals surface area contributed by atoms with Crippen molar-refractivity contribution in [3.05, 3.63) is 16.8 Å². The van der Waals surface area contributed by atoms with Crippen LogP contribution in [0.5, 0.6) is 6.01 Å². The Morgan fingerprint density at radius 1 is 1.42 bits per heavy atom. The zero-order valence-electron chi connectivity index (χ0n) is 14.4. The van der Waals surface area contributed by atoms with Crippen LogP contribution in [-0.2, 0) is 16.0 Å². The van der Waals surface area contributed by atoms with E-state index in [2.05, 4.69) is 23.8 Å². The third-order valence-corrected chi connectivity index (χ3v) is 5.74. The lowest BCUT2D eigenvalue weighted by molar-refractivity contribution is -0.0260. The standard InChI is InChI=1S/C17H22ClN3O3/c1-5-21-15-12(6-11(18)10(3)19-15)20-16(21)24-13-8-23-17(4)9(2)7-22-14(13)17/h6,9,13-14H,5,7-8H2,1-4H3/t9?,13?,14-,17-/m1/s1. The quantitative estimate of drug-likeness (QED) is 0.850. The molecule has 24 heavy (non-hydrogen) atoms. The van der Waals surface area contributed by atoms with Gasteiger partial charge in [-0.2, -0.15) is 4.98 Å². The molecule has 0 aliphatic carbocycles. The number of pyridine rings is 1. The van der Waals surface area contributed by atoms with Crippen molar-refractivity contribution in [2.45, 2.75) is 52.0 Å². The molecule has 0 saturated carbocycles. The summed E-state index contributed by atoms with van der Waals surface area (Å²) in [7, 11) is 0. The van der Waals surface area contributed by atoms with Crippen molar-refractivity contribution in [2.24, 2.45) is 5.92 Å². The lowest BCUT2D eigenvalue weighted by Gasteiger charge is -2.26. The SMILES string of the molecule is CCn1c(OC2CO[C@]3(C)C(C)CO[C@H]23)nc2cc(Cl)c(C)nc21. The number of nitrogens with zero attached hydrogens (tertiary/aromatic N) is 3. The van der Waals surface area contributed by atoms with Crippen molar-refractivity contribution in [3.63, 3.8) is 0 Å². The lowest BCUT2D eigenvalue weighted by atomic mass is 9.88. The third kappa shape index (κ3) is 2.24. The summed E-state index contributed by atoms with van der Waals surface area (Å²) < 4.78 is 20.1. The number of rotatable bonds is 3. The molecule has 0 radical (unpaired) electrons. The Kier molecular flexibility index (Phi) is 3.74. The molecule has 130 valence electrons. The maximum Gasteiger partial charge on any atom is 0.299 e. The second kappa shape index (κ2) is 5.58. The molecular formula is C17H22ClN3O3. The number of aryl methyl sites for hydroxylation is 2. The number of aromatic nitrogens is 3. The molecule has 0 aromatic carbocycles. The molecule has 2 aromatic rings. The zero-order valence-corrected chi connectivity index (χ0v) is 15.1. The first-order chi connectivity index (χ1) is 11.4. The van der Waals surface area contributed by atoms with E-state index in [0.717, 1.165) is 16.9 Å². The van der Waals surface area contributed by atoms with Crippen LogP contribution in [-0.4, -0.2) is 45.6 Å². The third-order valence-electron chi connectivity index (χ3n) is 5.35. The average Bonchev–Trinajstić information content (AvgIpc) is 3.14. The van der Waals surface area contributed by atoms with E-state index < -0.39 is 0 Å². The number of fused-ring (bicyclic) bond motifs is 2. The van der Waals surface area contributed by atoms with Crippen LogP contribution in [0, 0.1) is 12.8 Å². The van der Waals surface area contributed by atoms with Gasteiger partial charge in [-0.15, -0.1) is 0 Å². The average molecular weight is 352 g/mol. The van der Waals surface area contributed by atoms with Crippen LogP contribution in [0.25, 0.3) is 11.2 Å². The Morgan fingerprint density at radius 2 is 2.21 bits per heavy atom. The molecule has 7 heteroatoms. The fourth-order valence-corrected chi connectivity index (χ4v) is 3.75. The van der Waals surface area contributed by atoms with Crippen LogP contribution in [0.3, 0.4) is 0 Å². The Balaban J connectivity index is 1.68. The number of ether oxygens (including phenoxy) is 3. The van der Waals surface area contributed by atoms with Gasteiger partial charge in [0.05, 0.1) is 23.9 Å². The maximum atomic E-state index is 6.21. The largest absolute Gasteiger partial charge is 0.456 e. The van der Waals surface area contributed by atoms with Gasteiger partial charge in [-0.05, 0) is 26.8 Å². The van der Waals surface area contributed by atoms with E-state index in [1.54, 1.807) is 0 Å². The maximum absolute atomic E-state index is 6.21. The Bertz CT molecular complexity index is 793. The normalized spacial score (nSPS) is 32.5. The minimum atomic E-state index is -0.286. The molecule has 0 bridgehead atoms. The Morgan fingerprint density at radius 3 is 2.96 bits per heavy atom. The Hall–Kier alpha value is -1.37. The van der Waals surface area contributed by atoms with Crippen molar-refractivity contribution in [1.29, 1.82) is 0 Å². The molecule has 4 heterocycles. The van der Waals surface area contributed by atoms with E-state index in [0.29, 0.717) is 36.7 Å². The molecule has 2 aliphatic rings. The number of imidazole rings is 1. The van der Waals surface area contributed by atoms with Crippen LogP contribution in [0.2, 0.25) is 5.02 Å². The monoisotopic (exact) mass is 351 g/mol. The summed E-state index contributed by atoms with van der Waals surface area (Å²) in [5.74, 6) is 0.351. The molecule has 2 aromatic heterocycles. The van der Waals surface area contributed by atoms with E-state index >= 15 is 0 Å². The molecule has 4 atom stereocenters. The van der Waals surface area contributed by atoms with Crippen molar-refractivity contribution >= 4 is 22.8 Å². The molecule has 2 unspecified atom stereocenters. The van der Waals surface area contributed by atoms with Gasteiger partial charge in [0, 0.05) is 12.5 Å². The minimum absolute atomic E-state index is 0.0732. The minimum Gasteiger partial charge on any atom is -0.456 e. The molecule has 4 rings (SSSR count). The van der Waals surface area contributed by atoms with Gasteiger partial charge in [0.1, 0.15) is 17.2 Å². The predicted octanol–water partition coefficient (Wildman–Crippen LogP) is 2.98.